The van der Waals surface area contributed by atoms with Crippen molar-refractivity contribution >= 4 is 34.7 Å². The van der Waals surface area contributed by atoms with Crippen LogP contribution in [-0.4, -0.2) is 19.7 Å². The Hall–Kier alpha value is -2.36. The molecule has 0 bridgehead atoms. The Balaban J connectivity index is 1.62. The molecule has 0 saturated carbocycles. The van der Waals surface area contributed by atoms with Crippen molar-refractivity contribution in [3.8, 4) is 11.5 Å². The number of hydrogen-bond donors (Lipinski definition) is 0. The highest BCUT2D eigenvalue weighted by Crippen LogP contribution is 2.36. The summed E-state index contributed by atoms with van der Waals surface area (Å²) in [5.41, 5.74) is 0.345. The van der Waals surface area contributed by atoms with Crippen molar-refractivity contribution in [2.75, 3.05) is 0 Å². The second-order valence-electron chi connectivity index (χ2n) is 6.29. The number of thiophene rings is 1. The molecular weight excluding hydrogens is 453 g/mol. The van der Waals surface area contributed by atoms with Crippen LogP contribution in [0.2, 0.25) is 5.02 Å². The van der Waals surface area contributed by atoms with Gasteiger partial charge >= 0.3 is 6.18 Å². The van der Waals surface area contributed by atoms with Crippen LogP contribution in [0.1, 0.15) is 16.0 Å². The highest BCUT2D eigenvalue weighted by Gasteiger charge is 2.33. The summed E-state index contributed by atoms with van der Waals surface area (Å²) < 4.78 is 41.3. The number of hydrogen-bond acceptors (Lipinski definition) is 5. The monoisotopic (exact) mass is 466 g/mol. The minimum Gasteiger partial charge on any atom is -0.295 e. The van der Waals surface area contributed by atoms with Gasteiger partial charge < -0.3 is 0 Å². The second-order valence-corrected chi connectivity index (χ2v) is 8.67. The highest BCUT2D eigenvalue weighted by atomic mass is 35.5. The molecule has 0 aliphatic heterocycles. The largest absolute Gasteiger partial charge is 0.417 e. The standard InChI is InChI=1S/C20H14ClF3N4S2/c21-16-7-6-13(10-15(16)20(22,23)24)12-30-19-27-26-18(17-5-1-2-8-25-17)28(19)11-14-4-3-9-29-14/h1-10H,11-12H2. The molecule has 0 atom stereocenters. The fourth-order valence-corrected chi connectivity index (χ4v) is 4.61. The van der Waals surface area contributed by atoms with Gasteiger partial charge in [0.1, 0.15) is 5.69 Å². The van der Waals surface area contributed by atoms with Gasteiger partial charge in [-0.3, -0.25) is 9.55 Å². The quantitative estimate of drug-likeness (QED) is 0.308. The molecule has 0 fully saturated rings. The smallest absolute Gasteiger partial charge is 0.295 e. The first-order valence-corrected chi connectivity index (χ1v) is 11.0. The number of halogens is 4. The summed E-state index contributed by atoms with van der Waals surface area (Å²) in [7, 11) is 0. The maximum atomic E-state index is 13.1. The maximum Gasteiger partial charge on any atom is 0.417 e. The van der Waals surface area contributed by atoms with Gasteiger partial charge in [-0.25, -0.2) is 0 Å². The lowest BCUT2D eigenvalue weighted by molar-refractivity contribution is -0.137. The fraction of sp³-hybridized carbons (Fsp3) is 0.150. The lowest BCUT2D eigenvalue weighted by Crippen LogP contribution is -2.06. The number of aromatic nitrogens is 4. The molecule has 4 rings (SSSR count). The van der Waals surface area contributed by atoms with E-state index in [9.17, 15) is 13.2 Å². The van der Waals surface area contributed by atoms with Gasteiger partial charge in [0, 0.05) is 16.8 Å². The third kappa shape index (κ3) is 4.69. The van der Waals surface area contributed by atoms with Gasteiger partial charge in [0.05, 0.1) is 17.1 Å². The Morgan fingerprint density at radius 3 is 2.63 bits per heavy atom. The Morgan fingerprint density at radius 1 is 1.07 bits per heavy atom. The first kappa shape index (κ1) is 20.9. The Labute approximate surface area is 183 Å². The van der Waals surface area contributed by atoms with Gasteiger partial charge in [-0.05, 0) is 41.3 Å². The van der Waals surface area contributed by atoms with Gasteiger partial charge in [-0.1, -0.05) is 41.6 Å². The van der Waals surface area contributed by atoms with Gasteiger partial charge in [-0.2, -0.15) is 13.2 Å². The van der Waals surface area contributed by atoms with Crippen LogP contribution in [0, 0.1) is 0 Å². The van der Waals surface area contributed by atoms with Crippen LogP contribution in [0.15, 0.2) is 65.3 Å². The van der Waals surface area contributed by atoms with Gasteiger partial charge in [0.15, 0.2) is 11.0 Å². The van der Waals surface area contributed by atoms with Crippen LogP contribution in [0.4, 0.5) is 13.2 Å². The number of thioether (sulfide) groups is 1. The van der Waals surface area contributed by atoms with Crippen molar-refractivity contribution in [1.82, 2.24) is 19.7 Å². The number of benzene rings is 1. The molecule has 30 heavy (non-hydrogen) atoms. The number of alkyl halides is 3. The van der Waals surface area contributed by atoms with Crippen molar-refractivity contribution < 1.29 is 13.2 Å². The molecule has 1 aromatic carbocycles. The van der Waals surface area contributed by atoms with Crippen LogP contribution in [0.3, 0.4) is 0 Å². The SMILES string of the molecule is FC(F)(F)c1cc(CSc2nnc(-c3ccccn3)n2Cc2cccs2)ccc1Cl. The minimum atomic E-state index is -4.50. The summed E-state index contributed by atoms with van der Waals surface area (Å²) in [5, 5.41) is 10.8. The normalized spacial score (nSPS) is 11.7. The van der Waals surface area contributed by atoms with Crippen LogP contribution < -0.4 is 0 Å². The Morgan fingerprint density at radius 2 is 1.93 bits per heavy atom. The minimum absolute atomic E-state index is 0.297. The summed E-state index contributed by atoms with van der Waals surface area (Å²) in [4.78, 5) is 5.46. The van der Waals surface area contributed by atoms with Crippen molar-refractivity contribution in [2.45, 2.75) is 23.6 Å². The summed E-state index contributed by atoms with van der Waals surface area (Å²) in [6.07, 6.45) is -2.82. The number of nitrogens with zero attached hydrogens (tertiary/aromatic N) is 4. The van der Waals surface area contributed by atoms with Crippen LogP contribution in [-0.2, 0) is 18.5 Å². The number of rotatable bonds is 6. The molecule has 3 aromatic heterocycles. The highest BCUT2D eigenvalue weighted by molar-refractivity contribution is 7.98. The average molecular weight is 467 g/mol. The Kier molecular flexibility index (Phi) is 6.12. The van der Waals surface area contributed by atoms with Crippen molar-refractivity contribution in [2.24, 2.45) is 0 Å². The molecule has 0 aliphatic rings. The molecule has 10 heteroatoms. The fourth-order valence-electron chi connectivity index (χ4n) is 2.81. The lowest BCUT2D eigenvalue weighted by atomic mass is 10.1. The maximum absolute atomic E-state index is 13.1. The Bertz CT molecular complexity index is 1130. The predicted octanol–water partition coefficient (Wildman–Crippen LogP) is 6.41. The average Bonchev–Trinajstić information content (AvgIpc) is 3.38. The van der Waals surface area contributed by atoms with Gasteiger partial charge in [-0.15, -0.1) is 21.5 Å². The van der Waals surface area contributed by atoms with E-state index in [1.165, 1.54) is 17.8 Å². The van der Waals surface area contributed by atoms with E-state index in [0.29, 0.717) is 34.5 Å². The molecule has 0 aliphatic carbocycles. The molecule has 0 unspecified atom stereocenters. The molecule has 0 amide bonds. The zero-order valence-corrected chi connectivity index (χ0v) is 17.7. The third-order valence-electron chi connectivity index (χ3n) is 4.21. The molecule has 0 radical (unpaired) electrons. The molecule has 3 heterocycles. The third-order valence-corrected chi connectivity index (χ3v) is 6.44. The predicted molar refractivity (Wildman–Crippen MR) is 113 cm³/mol. The van der Waals surface area contributed by atoms with Crippen molar-refractivity contribution in [3.63, 3.8) is 0 Å². The summed E-state index contributed by atoms with van der Waals surface area (Å²) in [6.45, 7) is 0.549. The molecule has 4 aromatic rings. The van der Waals surface area contributed by atoms with E-state index in [4.69, 9.17) is 11.6 Å². The molecule has 4 nitrogen and oxygen atoms in total. The zero-order valence-electron chi connectivity index (χ0n) is 15.3. The van der Waals surface area contributed by atoms with Gasteiger partial charge in [0.2, 0.25) is 0 Å². The molecular formula is C20H14ClF3N4S2. The van der Waals surface area contributed by atoms with Crippen molar-refractivity contribution in [3.05, 3.63) is 81.1 Å². The summed E-state index contributed by atoms with van der Waals surface area (Å²) >= 11 is 8.64. The molecule has 0 saturated heterocycles. The number of pyridine rings is 1. The van der Waals surface area contributed by atoms with E-state index >= 15 is 0 Å². The van der Waals surface area contributed by atoms with E-state index in [-0.39, 0.29) is 5.02 Å². The van der Waals surface area contributed by atoms with E-state index in [2.05, 4.69) is 15.2 Å². The van der Waals surface area contributed by atoms with E-state index in [1.807, 2.05) is 40.3 Å². The molecule has 0 N–H and O–H groups in total. The molecule has 0 spiro atoms. The van der Waals surface area contributed by atoms with Gasteiger partial charge in [0.25, 0.3) is 0 Å². The first-order chi connectivity index (χ1) is 14.4. The second kappa shape index (κ2) is 8.79. The van der Waals surface area contributed by atoms with E-state index < -0.39 is 11.7 Å². The van der Waals surface area contributed by atoms with Crippen molar-refractivity contribution in [1.29, 1.82) is 0 Å². The zero-order chi connectivity index (χ0) is 21.1. The molecule has 154 valence electrons. The topological polar surface area (TPSA) is 43.6 Å². The lowest BCUT2D eigenvalue weighted by Gasteiger charge is -2.11. The van der Waals surface area contributed by atoms with Crippen LogP contribution >= 0.6 is 34.7 Å². The van der Waals surface area contributed by atoms with E-state index in [0.717, 1.165) is 10.9 Å². The van der Waals surface area contributed by atoms with Crippen LogP contribution in [0.25, 0.3) is 11.5 Å². The summed E-state index contributed by atoms with van der Waals surface area (Å²) in [6, 6.07) is 13.4. The summed E-state index contributed by atoms with van der Waals surface area (Å²) in [5.74, 6) is 0.906. The van der Waals surface area contributed by atoms with Crippen LogP contribution in [0.5, 0.6) is 0 Å². The first-order valence-electron chi connectivity index (χ1n) is 8.77. The van der Waals surface area contributed by atoms with E-state index in [1.54, 1.807) is 23.6 Å².